The predicted molar refractivity (Wildman–Crippen MR) is 106 cm³/mol. The molecule has 6 heteroatoms. The molecule has 0 spiro atoms. The van der Waals surface area contributed by atoms with Gasteiger partial charge in [0.15, 0.2) is 17.1 Å². The number of nitrogens with zero attached hydrogens (tertiary/aromatic N) is 1. The largest absolute Gasteiger partial charge is 0.504 e. The van der Waals surface area contributed by atoms with Crippen LogP contribution in [0.25, 0.3) is 0 Å². The van der Waals surface area contributed by atoms with Gasteiger partial charge in [-0.3, -0.25) is 4.79 Å². The number of carbonyl (C=O) groups excluding carboxylic acids is 1. The molecule has 6 nitrogen and oxygen atoms in total. The summed E-state index contributed by atoms with van der Waals surface area (Å²) in [5.74, 6) is -0.520. The lowest BCUT2D eigenvalue weighted by molar-refractivity contribution is -0.136. The number of methoxy groups -OCH3 is 1. The quantitative estimate of drug-likeness (QED) is 0.456. The first-order valence-electron chi connectivity index (χ1n) is 8.60. The number of nitrogens with one attached hydrogen (secondary N) is 1. The minimum absolute atomic E-state index is 0.0932. The van der Waals surface area contributed by atoms with Gasteiger partial charge in [-0.1, -0.05) is 66.7 Å². The Morgan fingerprint density at radius 2 is 1.54 bits per heavy atom. The summed E-state index contributed by atoms with van der Waals surface area (Å²) < 4.78 is 5.04. The van der Waals surface area contributed by atoms with Gasteiger partial charge in [-0.25, -0.2) is 5.43 Å². The molecule has 28 heavy (non-hydrogen) atoms. The number of hydrazone groups is 1. The van der Waals surface area contributed by atoms with E-state index in [1.165, 1.54) is 13.3 Å². The van der Waals surface area contributed by atoms with Crippen molar-refractivity contribution in [3.63, 3.8) is 0 Å². The predicted octanol–water partition coefficient (Wildman–Crippen LogP) is 2.79. The third kappa shape index (κ3) is 3.72. The van der Waals surface area contributed by atoms with Crippen molar-refractivity contribution in [2.45, 2.75) is 5.60 Å². The van der Waals surface area contributed by atoms with E-state index in [9.17, 15) is 15.0 Å². The maximum absolute atomic E-state index is 12.9. The number of aromatic hydroxyl groups is 1. The fourth-order valence-corrected chi connectivity index (χ4v) is 2.84. The first-order valence-corrected chi connectivity index (χ1v) is 8.60. The molecule has 142 valence electrons. The standard InChI is InChI=1S/C22H20N2O4/c1-28-19-14-8-9-16(20(19)25)15-23-24-21(26)22(27,17-10-4-2-5-11-17)18-12-6-3-7-13-18/h2-15,25,27H,1H3,(H,24,26)/b23-15-. The van der Waals surface area contributed by atoms with Gasteiger partial charge < -0.3 is 14.9 Å². The first-order chi connectivity index (χ1) is 13.6. The topological polar surface area (TPSA) is 91.2 Å². The number of ether oxygens (including phenoxy) is 1. The lowest BCUT2D eigenvalue weighted by Gasteiger charge is -2.27. The summed E-state index contributed by atoms with van der Waals surface area (Å²) in [4.78, 5) is 12.9. The van der Waals surface area contributed by atoms with Gasteiger partial charge in [-0.15, -0.1) is 0 Å². The number of phenolic OH excluding ortho intramolecular Hbond substituents is 1. The van der Waals surface area contributed by atoms with E-state index in [-0.39, 0.29) is 5.75 Å². The summed E-state index contributed by atoms with van der Waals surface area (Å²) in [5.41, 5.74) is 1.64. The van der Waals surface area contributed by atoms with E-state index in [2.05, 4.69) is 10.5 Å². The van der Waals surface area contributed by atoms with Crippen LogP contribution in [0.5, 0.6) is 11.5 Å². The second-order valence-electron chi connectivity index (χ2n) is 6.04. The van der Waals surface area contributed by atoms with E-state index in [1.54, 1.807) is 78.9 Å². The monoisotopic (exact) mass is 376 g/mol. The molecule has 0 fully saturated rings. The van der Waals surface area contributed by atoms with Crippen LogP contribution >= 0.6 is 0 Å². The second-order valence-corrected chi connectivity index (χ2v) is 6.04. The molecule has 0 saturated heterocycles. The van der Waals surface area contributed by atoms with Gasteiger partial charge in [-0.2, -0.15) is 5.10 Å². The summed E-state index contributed by atoms with van der Waals surface area (Å²) in [7, 11) is 1.44. The first kappa shape index (κ1) is 19.1. The number of rotatable bonds is 6. The van der Waals surface area contributed by atoms with Crippen LogP contribution in [0.1, 0.15) is 16.7 Å². The van der Waals surface area contributed by atoms with Crippen molar-refractivity contribution in [1.82, 2.24) is 5.43 Å². The molecule has 0 unspecified atom stereocenters. The van der Waals surface area contributed by atoms with Gasteiger partial charge in [-0.05, 0) is 23.3 Å². The van der Waals surface area contributed by atoms with Crippen LogP contribution in [-0.4, -0.2) is 29.4 Å². The molecule has 0 saturated carbocycles. The van der Waals surface area contributed by atoms with Crippen molar-refractivity contribution < 1.29 is 19.7 Å². The highest BCUT2D eigenvalue weighted by molar-refractivity contribution is 5.91. The zero-order chi connectivity index (χ0) is 20.0. The summed E-state index contributed by atoms with van der Waals surface area (Å²) >= 11 is 0. The molecule has 0 radical (unpaired) electrons. The van der Waals surface area contributed by atoms with Crippen molar-refractivity contribution >= 4 is 12.1 Å². The zero-order valence-electron chi connectivity index (χ0n) is 15.2. The number of aliphatic hydroxyl groups is 1. The van der Waals surface area contributed by atoms with Crippen LogP contribution in [0.3, 0.4) is 0 Å². The molecule has 3 aromatic rings. The van der Waals surface area contributed by atoms with Crippen LogP contribution < -0.4 is 10.2 Å². The fourth-order valence-electron chi connectivity index (χ4n) is 2.84. The van der Waals surface area contributed by atoms with Crippen molar-refractivity contribution in [1.29, 1.82) is 0 Å². The molecule has 3 N–H and O–H groups in total. The van der Waals surface area contributed by atoms with Crippen LogP contribution in [0.4, 0.5) is 0 Å². The summed E-state index contributed by atoms with van der Waals surface area (Å²) in [6.07, 6.45) is 1.28. The highest BCUT2D eigenvalue weighted by Gasteiger charge is 2.39. The average Bonchev–Trinajstić information content (AvgIpc) is 2.75. The summed E-state index contributed by atoms with van der Waals surface area (Å²) in [6, 6.07) is 22.2. The lowest BCUT2D eigenvalue weighted by Crippen LogP contribution is -2.43. The Morgan fingerprint density at radius 3 is 2.07 bits per heavy atom. The maximum Gasteiger partial charge on any atom is 0.281 e. The van der Waals surface area contributed by atoms with Crippen molar-refractivity contribution in [3.8, 4) is 11.5 Å². The molecule has 3 aromatic carbocycles. The third-order valence-corrected chi connectivity index (χ3v) is 4.33. The smallest absolute Gasteiger partial charge is 0.281 e. The van der Waals surface area contributed by atoms with E-state index in [0.717, 1.165) is 0 Å². The lowest BCUT2D eigenvalue weighted by atomic mass is 9.85. The van der Waals surface area contributed by atoms with Gasteiger partial charge in [0.05, 0.1) is 13.3 Å². The Morgan fingerprint density at radius 1 is 0.964 bits per heavy atom. The van der Waals surface area contributed by atoms with Gasteiger partial charge in [0.2, 0.25) is 0 Å². The molecule has 0 heterocycles. The molecule has 0 aromatic heterocycles. The molecular weight excluding hydrogens is 356 g/mol. The van der Waals surface area contributed by atoms with Crippen molar-refractivity contribution in [2.24, 2.45) is 5.10 Å². The van der Waals surface area contributed by atoms with E-state index in [1.807, 2.05) is 0 Å². The minimum Gasteiger partial charge on any atom is -0.504 e. The summed E-state index contributed by atoms with van der Waals surface area (Å²) in [6.45, 7) is 0. The number of benzene rings is 3. The molecule has 0 aliphatic heterocycles. The molecule has 0 aliphatic rings. The number of hydrogen-bond donors (Lipinski definition) is 3. The average molecular weight is 376 g/mol. The Kier molecular flexibility index (Phi) is 5.72. The molecular formula is C22H20N2O4. The van der Waals surface area contributed by atoms with Gasteiger partial charge in [0.1, 0.15) is 0 Å². The second kappa shape index (κ2) is 8.37. The Labute approximate surface area is 162 Å². The number of hydrogen-bond acceptors (Lipinski definition) is 5. The number of amides is 1. The van der Waals surface area contributed by atoms with Gasteiger partial charge >= 0.3 is 0 Å². The minimum atomic E-state index is -1.92. The van der Waals surface area contributed by atoms with E-state index < -0.39 is 11.5 Å². The molecule has 1 amide bonds. The van der Waals surface area contributed by atoms with Gasteiger partial charge in [0, 0.05) is 5.56 Å². The number of carbonyl (C=O) groups is 1. The Bertz CT molecular complexity index is 933. The van der Waals surface area contributed by atoms with E-state index >= 15 is 0 Å². The maximum atomic E-state index is 12.9. The highest BCUT2D eigenvalue weighted by atomic mass is 16.5. The number of phenols is 1. The van der Waals surface area contributed by atoms with Crippen LogP contribution in [0, 0.1) is 0 Å². The SMILES string of the molecule is COc1cccc(/C=N\NC(=O)C(O)(c2ccccc2)c2ccccc2)c1O. The van der Waals surface area contributed by atoms with E-state index in [4.69, 9.17) is 4.74 Å². The normalized spacial score (nSPS) is 11.4. The van der Waals surface area contributed by atoms with Crippen LogP contribution in [-0.2, 0) is 10.4 Å². The fraction of sp³-hybridized carbons (Fsp3) is 0.0909. The van der Waals surface area contributed by atoms with Crippen molar-refractivity contribution in [2.75, 3.05) is 7.11 Å². The Hall–Kier alpha value is -3.64. The third-order valence-electron chi connectivity index (χ3n) is 4.33. The highest BCUT2D eigenvalue weighted by Crippen LogP contribution is 2.30. The zero-order valence-corrected chi connectivity index (χ0v) is 15.2. The summed E-state index contributed by atoms with van der Waals surface area (Å²) in [5, 5.41) is 25.3. The molecule has 0 aliphatic carbocycles. The van der Waals surface area contributed by atoms with E-state index in [0.29, 0.717) is 22.4 Å². The Balaban J connectivity index is 1.89. The van der Waals surface area contributed by atoms with Gasteiger partial charge in [0.25, 0.3) is 5.91 Å². The molecule has 3 rings (SSSR count). The number of para-hydroxylation sites is 1. The van der Waals surface area contributed by atoms with Crippen LogP contribution in [0.15, 0.2) is 84.0 Å². The van der Waals surface area contributed by atoms with Crippen molar-refractivity contribution in [3.05, 3.63) is 95.6 Å². The molecule has 0 bridgehead atoms. The molecule has 0 atom stereocenters. The van der Waals surface area contributed by atoms with Crippen LogP contribution in [0.2, 0.25) is 0 Å².